The molecule has 0 saturated carbocycles. The molecule has 1 N–H and O–H groups in total. The molecule has 1 unspecified atom stereocenters. The molecule has 1 aromatic carbocycles. The number of hydrogen-bond acceptors (Lipinski definition) is 3. The van der Waals surface area contributed by atoms with Crippen LogP contribution in [0.3, 0.4) is 0 Å². The number of nitrogens with one attached hydrogen (secondary N) is 1. The summed E-state index contributed by atoms with van der Waals surface area (Å²) in [6, 6.07) is 13.5. The molecule has 0 radical (unpaired) electrons. The Kier molecular flexibility index (Phi) is 4.96. The van der Waals surface area contributed by atoms with Crippen LogP contribution in [-0.2, 0) is 6.54 Å². The fraction of sp³-hybridized carbons (Fsp3) is 0.167. The second kappa shape index (κ2) is 7.31. The van der Waals surface area contributed by atoms with Crippen molar-refractivity contribution >= 4 is 23.0 Å². The zero-order valence-electron chi connectivity index (χ0n) is 13.1. The van der Waals surface area contributed by atoms with Gasteiger partial charge in [-0.05, 0) is 61.6 Å². The Labute approximate surface area is 144 Å². The molecule has 3 rings (SSSR count). The first-order valence-electron chi connectivity index (χ1n) is 7.52. The van der Waals surface area contributed by atoms with E-state index in [-0.39, 0.29) is 11.9 Å². The van der Waals surface area contributed by atoms with Gasteiger partial charge in [-0.3, -0.25) is 0 Å². The average Bonchev–Trinajstić information content (AvgIpc) is 3.25. The van der Waals surface area contributed by atoms with Crippen LogP contribution in [0.15, 0.2) is 69.9 Å². The lowest BCUT2D eigenvalue weighted by Gasteiger charge is -2.30. The van der Waals surface area contributed by atoms with Crippen molar-refractivity contribution in [1.82, 2.24) is 4.90 Å². The standard InChI is InChI=1S/C18H17FN2O2S/c1-13(17-8-4-10-23-17)21(12-16-7-3-9-22-16)18(24)20-15-6-2-5-14(19)11-15/h2-11,13H,12H2,1H3,(H,20,24). The summed E-state index contributed by atoms with van der Waals surface area (Å²) in [6.07, 6.45) is 3.24. The SMILES string of the molecule is CC(c1ccco1)N(Cc1ccco1)C(=S)Nc1cccc(F)c1. The predicted octanol–water partition coefficient (Wildman–Crippen LogP) is 4.97. The van der Waals surface area contributed by atoms with E-state index in [9.17, 15) is 4.39 Å². The van der Waals surface area contributed by atoms with Crippen molar-refractivity contribution in [1.29, 1.82) is 0 Å². The fourth-order valence-electron chi connectivity index (χ4n) is 2.40. The first-order chi connectivity index (χ1) is 11.6. The Morgan fingerprint density at radius 2 is 1.96 bits per heavy atom. The van der Waals surface area contributed by atoms with Gasteiger partial charge in [-0.1, -0.05) is 6.07 Å². The molecule has 0 fully saturated rings. The normalized spacial score (nSPS) is 11.9. The summed E-state index contributed by atoms with van der Waals surface area (Å²) in [5.41, 5.74) is 0.594. The van der Waals surface area contributed by atoms with Gasteiger partial charge in [0.25, 0.3) is 0 Å². The molecule has 0 aliphatic rings. The number of hydrogen-bond donors (Lipinski definition) is 1. The van der Waals surface area contributed by atoms with Crippen LogP contribution in [0.25, 0.3) is 0 Å². The topological polar surface area (TPSA) is 41.6 Å². The van der Waals surface area contributed by atoms with Gasteiger partial charge < -0.3 is 19.1 Å². The van der Waals surface area contributed by atoms with E-state index in [4.69, 9.17) is 21.1 Å². The number of rotatable bonds is 5. The van der Waals surface area contributed by atoms with Crippen molar-refractivity contribution in [2.24, 2.45) is 0 Å². The van der Waals surface area contributed by atoms with E-state index < -0.39 is 0 Å². The van der Waals surface area contributed by atoms with Gasteiger partial charge >= 0.3 is 0 Å². The van der Waals surface area contributed by atoms with Crippen molar-refractivity contribution in [2.75, 3.05) is 5.32 Å². The third kappa shape index (κ3) is 3.83. The van der Waals surface area contributed by atoms with Crippen LogP contribution in [0.4, 0.5) is 10.1 Å². The van der Waals surface area contributed by atoms with E-state index >= 15 is 0 Å². The fourth-order valence-corrected chi connectivity index (χ4v) is 2.74. The van der Waals surface area contributed by atoms with Crippen LogP contribution in [0.5, 0.6) is 0 Å². The van der Waals surface area contributed by atoms with Crippen molar-refractivity contribution in [3.05, 3.63) is 78.4 Å². The molecule has 2 heterocycles. The summed E-state index contributed by atoms with van der Waals surface area (Å²) in [5.74, 6) is 1.24. The summed E-state index contributed by atoms with van der Waals surface area (Å²) in [6.45, 7) is 2.46. The monoisotopic (exact) mass is 344 g/mol. The summed E-state index contributed by atoms with van der Waals surface area (Å²) in [7, 11) is 0. The van der Waals surface area contributed by atoms with Crippen LogP contribution in [0, 0.1) is 5.82 Å². The van der Waals surface area contributed by atoms with Gasteiger partial charge in [0.1, 0.15) is 17.3 Å². The van der Waals surface area contributed by atoms with Crippen molar-refractivity contribution < 1.29 is 13.2 Å². The van der Waals surface area contributed by atoms with E-state index in [1.54, 1.807) is 24.7 Å². The second-order valence-corrected chi connectivity index (χ2v) is 5.73. The molecular weight excluding hydrogens is 327 g/mol. The molecule has 4 nitrogen and oxygen atoms in total. The zero-order valence-corrected chi connectivity index (χ0v) is 13.9. The second-order valence-electron chi connectivity index (χ2n) is 5.34. The molecule has 0 aliphatic carbocycles. The molecule has 2 aromatic heterocycles. The number of anilines is 1. The average molecular weight is 344 g/mol. The van der Waals surface area contributed by atoms with Crippen LogP contribution in [-0.4, -0.2) is 10.0 Å². The highest BCUT2D eigenvalue weighted by Crippen LogP contribution is 2.24. The lowest BCUT2D eigenvalue weighted by molar-refractivity contribution is 0.269. The lowest BCUT2D eigenvalue weighted by atomic mass is 10.2. The van der Waals surface area contributed by atoms with E-state index in [1.165, 1.54) is 12.1 Å². The predicted molar refractivity (Wildman–Crippen MR) is 94.0 cm³/mol. The smallest absolute Gasteiger partial charge is 0.174 e. The Bertz CT molecular complexity index is 787. The summed E-state index contributed by atoms with van der Waals surface area (Å²) >= 11 is 5.53. The molecule has 6 heteroatoms. The summed E-state index contributed by atoms with van der Waals surface area (Å²) < 4.78 is 24.3. The highest BCUT2D eigenvalue weighted by atomic mass is 32.1. The number of thiocarbonyl (C=S) groups is 1. The third-order valence-electron chi connectivity index (χ3n) is 3.67. The minimum absolute atomic E-state index is 0.112. The first-order valence-corrected chi connectivity index (χ1v) is 7.93. The number of benzene rings is 1. The van der Waals surface area contributed by atoms with E-state index in [0.717, 1.165) is 11.5 Å². The molecule has 0 spiro atoms. The summed E-state index contributed by atoms with van der Waals surface area (Å²) in [4.78, 5) is 1.93. The van der Waals surface area contributed by atoms with Gasteiger partial charge in [-0.25, -0.2) is 4.39 Å². The Balaban J connectivity index is 1.81. The van der Waals surface area contributed by atoms with Gasteiger partial charge in [-0.15, -0.1) is 0 Å². The molecule has 24 heavy (non-hydrogen) atoms. The van der Waals surface area contributed by atoms with Crippen molar-refractivity contribution in [3.63, 3.8) is 0 Å². The molecule has 0 bridgehead atoms. The minimum atomic E-state index is -0.320. The quantitative estimate of drug-likeness (QED) is 0.662. The molecule has 1 atom stereocenters. The lowest BCUT2D eigenvalue weighted by Crippen LogP contribution is -2.36. The molecule has 0 aliphatic heterocycles. The highest BCUT2D eigenvalue weighted by molar-refractivity contribution is 7.80. The number of halogens is 1. The molecule has 124 valence electrons. The first kappa shape index (κ1) is 16.3. The molecular formula is C18H17FN2O2S. The summed E-state index contributed by atoms with van der Waals surface area (Å²) in [5, 5.41) is 3.53. The van der Waals surface area contributed by atoms with E-state index in [2.05, 4.69) is 5.32 Å². The van der Waals surface area contributed by atoms with Crippen LogP contribution >= 0.6 is 12.2 Å². The highest BCUT2D eigenvalue weighted by Gasteiger charge is 2.22. The largest absolute Gasteiger partial charge is 0.467 e. The van der Waals surface area contributed by atoms with Crippen LogP contribution < -0.4 is 5.32 Å². The minimum Gasteiger partial charge on any atom is -0.467 e. The Hall–Kier alpha value is -2.60. The van der Waals surface area contributed by atoms with Crippen molar-refractivity contribution in [3.8, 4) is 0 Å². The van der Waals surface area contributed by atoms with E-state index in [0.29, 0.717) is 17.3 Å². The maximum atomic E-state index is 13.4. The van der Waals surface area contributed by atoms with E-state index in [1.807, 2.05) is 36.1 Å². The number of furan rings is 2. The molecule has 0 saturated heterocycles. The zero-order chi connectivity index (χ0) is 16.9. The Morgan fingerprint density at radius 3 is 2.62 bits per heavy atom. The molecule has 3 aromatic rings. The van der Waals surface area contributed by atoms with Crippen LogP contribution in [0.1, 0.15) is 24.5 Å². The van der Waals surface area contributed by atoms with Gasteiger partial charge in [0.15, 0.2) is 5.11 Å². The third-order valence-corrected chi connectivity index (χ3v) is 4.00. The van der Waals surface area contributed by atoms with Crippen LogP contribution in [0.2, 0.25) is 0 Å². The maximum absolute atomic E-state index is 13.4. The molecule has 0 amide bonds. The maximum Gasteiger partial charge on any atom is 0.174 e. The van der Waals surface area contributed by atoms with Crippen molar-refractivity contribution in [2.45, 2.75) is 19.5 Å². The Morgan fingerprint density at radius 1 is 1.17 bits per heavy atom. The number of nitrogens with zero attached hydrogens (tertiary/aromatic N) is 1. The van der Waals surface area contributed by atoms with Gasteiger partial charge in [0.05, 0.1) is 25.1 Å². The van der Waals surface area contributed by atoms with Gasteiger partial charge in [0, 0.05) is 5.69 Å². The van der Waals surface area contributed by atoms with Gasteiger partial charge in [0.2, 0.25) is 0 Å². The van der Waals surface area contributed by atoms with Gasteiger partial charge in [-0.2, -0.15) is 0 Å².